The van der Waals surface area contributed by atoms with Crippen LogP contribution in [0.25, 0.3) is 0 Å². The van der Waals surface area contributed by atoms with Crippen molar-refractivity contribution in [3.05, 3.63) is 134 Å². The van der Waals surface area contributed by atoms with Crippen molar-refractivity contribution in [2.24, 2.45) is 5.92 Å². The summed E-state index contributed by atoms with van der Waals surface area (Å²) in [6.45, 7) is 51.6. The summed E-state index contributed by atoms with van der Waals surface area (Å²) in [5.41, 5.74) is 9.32. The first-order chi connectivity index (χ1) is 17.9. The zero-order valence-corrected chi connectivity index (χ0v) is 28.8. The zero-order chi connectivity index (χ0) is 32.4. The number of allylic oxidation sites excluding steroid dienone is 15. The lowest BCUT2D eigenvalue weighted by atomic mass is 9.86. The molecule has 0 N–H and O–H groups in total. The average Bonchev–Trinajstić information content (AvgIpc) is 2.86. The topological polar surface area (TPSA) is 0 Å². The third kappa shape index (κ3) is 78.7. The fourth-order valence-corrected chi connectivity index (χ4v) is 1.55. The molecule has 0 heterocycles. The van der Waals surface area contributed by atoms with E-state index >= 15 is 0 Å². The van der Waals surface area contributed by atoms with Crippen molar-refractivity contribution in [3.8, 4) is 0 Å². The molecule has 0 saturated heterocycles. The van der Waals surface area contributed by atoms with E-state index in [9.17, 15) is 0 Å². The predicted octanol–water partition coefficient (Wildman–Crippen LogP) is 14.1. The normalized spacial score (nSPS) is 11.9. The van der Waals surface area contributed by atoms with Gasteiger partial charge in [0.25, 0.3) is 0 Å². The predicted molar refractivity (Wildman–Crippen MR) is 192 cm³/mol. The number of hydrogen-bond acceptors (Lipinski definition) is 0. The van der Waals surface area contributed by atoms with Crippen LogP contribution >= 0.6 is 0 Å². The molecule has 0 aromatic heterocycles. The molecule has 1 atom stereocenters. The maximum atomic E-state index is 3.97. The maximum Gasteiger partial charge on any atom is -0.0171 e. The molecular weight excluding hydrogens is 468 g/mol. The van der Waals surface area contributed by atoms with Gasteiger partial charge in [0.2, 0.25) is 0 Å². The Bertz CT molecular complexity index is 752. The number of rotatable bonds is 4. The van der Waals surface area contributed by atoms with Gasteiger partial charge in [-0.25, -0.2) is 0 Å². The van der Waals surface area contributed by atoms with Gasteiger partial charge in [0, 0.05) is 0 Å². The van der Waals surface area contributed by atoms with Crippen LogP contribution < -0.4 is 0 Å². The molecule has 1 unspecified atom stereocenters. The Balaban J connectivity index is -0.0000000842. The molecular formula is C39H68. The summed E-state index contributed by atoms with van der Waals surface area (Å²) in [5.74, 6) is 0.767. The van der Waals surface area contributed by atoms with E-state index in [4.69, 9.17) is 0 Å². The third-order valence-electron chi connectivity index (χ3n) is 4.76. The summed E-state index contributed by atoms with van der Waals surface area (Å²) < 4.78 is 0. The van der Waals surface area contributed by atoms with Gasteiger partial charge in [0.05, 0.1) is 0 Å². The molecule has 0 nitrogen and oxygen atoms in total. The highest BCUT2D eigenvalue weighted by molar-refractivity contribution is 5.10. The van der Waals surface area contributed by atoms with Crippen LogP contribution in [0.15, 0.2) is 134 Å². The standard InChI is InChI=1S/C10H16.C6H12.C5H10.2C5H8.C4H8.C4H6/c1-8(2)10-6-4-9(3)5-7-10;1-5(2)6(3)4;2*1-4-5(2)3;1-3-5-4-2;1-4(2)3;1-3-4-2/h4,10H,1,5-7H2,2-3H3;1-4H3;4H,1-3H3;4H,1-2H2,3H3;3-5H,1H2,2H3;1H2,2-3H3;3-4H,1-2H2/b;;;;5-4+;;. The average molecular weight is 537 g/mol. The SMILES string of the molecule is C=C(C)C.C=C(C)C1CC=C(C)CC1.C=C/C=C/C.C=CC(=C)C.C=CC=C.CC(C)=C(C)C.CC=C(C)C. The van der Waals surface area contributed by atoms with Crippen LogP contribution in [-0.2, 0) is 0 Å². The van der Waals surface area contributed by atoms with Crippen molar-refractivity contribution >= 4 is 0 Å². The second-order valence-corrected chi connectivity index (χ2v) is 10.2. The van der Waals surface area contributed by atoms with E-state index in [1.165, 1.54) is 47.1 Å². The van der Waals surface area contributed by atoms with Gasteiger partial charge in [-0.05, 0) is 115 Å². The van der Waals surface area contributed by atoms with Crippen LogP contribution in [0.3, 0.4) is 0 Å². The van der Waals surface area contributed by atoms with Gasteiger partial charge >= 0.3 is 0 Å². The van der Waals surface area contributed by atoms with Crippen molar-refractivity contribution in [1.82, 2.24) is 0 Å². The van der Waals surface area contributed by atoms with Gasteiger partial charge in [0.1, 0.15) is 0 Å². The van der Waals surface area contributed by atoms with Crippen LogP contribution in [0.4, 0.5) is 0 Å². The Morgan fingerprint density at radius 2 is 1.10 bits per heavy atom. The lowest BCUT2D eigenvalue weighted by Crippen LogP contribution is -2.04. The Morgan fingerprint density at radius 3 is 1.21 bits per heavy atom. The van der Waals surface area contributed by atoms with Crippen molar-refractivity contribution in [1.29, 1.82) is 0 Å². The number of hydrogen-bond donors (Lipinski definition) is 0. The first kappa shape index (κ1) is 49.1. The Hall–Kier alpha value is -2.86. The second-order valence-electron chi connectivity index (χ2n) is 10.2. The van der Waals surface area contributed by atoms with Crippen LogP contribution in [0.1, 0.15) is 109 Å². The highest BCUT2D eigenvalue weighted by atomic mass is 14.2. The summed E-state index contributed by atoms with van der Waals surface area (Å²) in [5, 5.41) is 0. The van der Waals surface area contributed by atoms with E-state index in [-0.39, 0.29) is 0 Å². The molecule has 224 valence electrons. The Morgan fingerprint density at radius 1 is 0.744 bits per heavy atom. The van der Waals surface area contributed by atoms with E-state index in [0.29, 0.717) is 0 Å². The first-order valence-electron chi connectivity index (χ1n) is 13.8. The van der Waals surface area contributed by atoms with E-state index < -0.39 is 0 Å². The molecule has 0 spiro atoms. The zero-order valence-electron chi connectivity index (χ0n) is 28.8. The first-order valence-corrected chi connectivity index (χ1v) is 13.8. The molecule has 0 aromatic rings. The van der Waals surface area contributed by atoms with Gasteiger partial charge in [-0.15, -0.1) is 6.58 Å². The monoisotopic (exact) mass is 537 g/mol. The second kappa shape index (κ2) is 39.6. The summed E-state index contributed by atoms with van der Waals surface area (Å²) in [6.07, 6.45) is 18.8. The third-order valence-corrected chi connectivity index (χ3v) is 4.76. The lowest BCUT2D eigenvalue weighted by molar-refractivity contribution is 0.540. The summed E-state index contributed by atoms with van der Waals surface area (Å²) in [6, 6.07) is 0. The van der Waals surface area contributed by atoms with E-state index in [2.05, 4.69) is 114 Å². The Kier molecular flexibility index (Phi) is 49.9. The molecule has 0 saturated carbocycles. The summed E-state index contributed by atoms with van der Waals surface area (Å²) in [7, 11) is 0. The molecule has 0 bridgehead atoms. The molecule has 0 aliphatic heterocycles. The van der Waals surface area contributed by atoms with Gasteiger partial charge < -0.3 is 0 Å². The fourth-order valence-electron chi connectivity index (χ4n) is 1.55. The summed E-state index contributed by atoms with van der Waals surface area (Å²) >= 11 is 0. The van der Waals surface area contributed by atoms with Gasteiger partial charge in [-0.1, -0.05) is 127 Å². The molecule has 0 radical (unpaired) electrons. The van der Waals surface area contributed by atoms with Crippen molar-refractivity contribution in [2.45, 2.75) is 109 Å². The van der Waals surface area contributed by atoms with Gasteiger partial charge in [-0.2, -0.15) is 0 Å². The molecule has 1 aliphatic carbocycles. The Labute approximate surface area is 248 Å². The molecule has 0 fully saturated rings. The minimum Gasteiger partial charge on any atom is -0.100 e. The quantitative estimate of drug-likeness (QED) is 0.247. The lowest BCUT2D eigenvalue weighted by Gasteiger charge is -2.19. The smallest absolute Gasteiger partial charge is 0.0171 e. The minimum absolute atomic E-state index is 0.767. The van der Waals surface area contributed by atoms with Crippen molar-refractivity contribution in [2.75, 3.05) is 0 Å². The van der Waals surface area contributed by atoms with Crippen LogP contribution in [0.5, 0.6) is 0 Å². The summed E-state index contributed by atoms with van der Waals surface area (Å²) in [4.78, 5) is 0. The highest BCUT2D eigenvalue weighted by Crippen LogP contribution is 2.27. The van der Waals surface area contributed by atoms with Gasteiger partial charge in [0.15, 0.2) is 0 Å². The largest absolute Gasteiger partial charge is 0.100 e. The fraction of sp³-hybridized carbons (Fsp3) is 0.436. The van der Waals surface area contributed by atoms with Crippen molar-refractivity contribution < 1.29 is 0 Å². The molecule has 39 heavy (non-hydrogen) atoms. The van der Waals surface area contributed by atoms with Gasteiger partial charge in [-0.3, -0.25) is 0 Å². The van der Waals surface area contributed by atoms with Crippen LogP contribution in [0.2, 0.25) is 0 Å². The maximum absolute atomic E-state index is 3.97. The van der Waals surface area contributed by atoms with Crippen molar-refractivity contribution in [3.63, 3.8) is 0 Å². The highest BCUT2D eigenvalue weighted by Gasteiger charge is 2.11. The van der Waals surface area contributed by atoms with E-state index in [1.54, 1.807) is 29.9 Å². The molecule has 0 aromatic carbocycles. The molecule has 0 amide bonds. The van der Waals surface area contributed by atoms with Crippen LogP contribution in [0, 0.1) is 5.92 Å². The molecule has 1 aliphatic rings. The molecule has 0 heteroatoms. The molecule has 1 rings (SSSR count). The minimum atomic E-state index is 0.767. The van der Waals surface area contributed by atoms with Crippen LogP contribution in [-0.4, -0.2) is 0 Å². The van der Waals surface area contributed by atoms with E-state index in [0.717, 1.165) is 11.5 Å². The van der Waals surface area contributed by atoms with E-state index in [1.807, 2.05) is 46.8 Å².